The number of rotatable bonds is 5. The minimum atomic E-state index is -0.474. The van der Waals surface area contributed by atoms with Crippen LogP contribution in [0, 0.1) is 12.7 Å². The van der Waals surface area contributed by atoms with Crippen molar-refractivity contribution in [3.63, 3.8) is 0 Å². The Morgan fingerprint density at radius 1 is 1.29 bits per heavy atom. The fraction of sp³-hybridized carbons (Fsp3) is 0.353. The first-order valence-corrected chi connectivity index (χ1v) is 8.26. The molecule has 2 rings (SSSR count). The van der Waals surface area contributed by atoms with Crippen molar-refractivity contribution in [3.8, 4) is 10.6 Å². The van der Waals surface area contributed by atoms with E-state index in [9.17, 15) is 14.0 Å². The highest BCUT2D eigenvalue weighted by molar-refractivity contribution is 7.17. The van der Waals surface area contributed by atoms with Crippen LogP contribution in [0.4, 0.5) is 4.39 Å². The third kappa shape index (κ3) is 3.97. The Morgan fingerprint density at radius 2 is 1.92 bits per heavy atom. The van der Waals surface area contributed by atoms with E-state index in [0.29, 0.717) is 15.6 Å². The van der Waals surface area contributed by atoms with Crippen LogP contribution in [0.5, 0.6) is 0 Å². The normalized spacial score (nSPS) is 10.8. The zero-order chi connectivity index (χ0) is 17.9. The Morgan fingerprint density at radius 3 is 2.46 bits per heavy atom. The molecule has 24 heavy (non-hydrogen) atoms. The molecule has 0 unspecified atom stereocenters. The van der Waals surface area contributed by atoms with Crippen LogP contribution in [0.15, 0.2) is 24.3 Å². The molecule has 0 aliphatic heterocycles. The molecular formula is C17H19FN2O3S. The second-order valence-corrected chi connectivity index (χ2v) is 6.54. The molecule has 0 saturated heterocycles. The third-order valence-electron chi connectivity index (χ3n) is 3.49. The molecule has 0 aliphatic rings. The fourth-order valence-corrected chi connectivity index (χ4v) is 3.16. The summed E-state index contributed by atoms with van der Waals surface area (Å²) in [5.74, 6) is -1.07. The molecule has 128 valence electrons. The summed E-state index contributed by atoms with van der Waals surface area (Å²) in [7, 11) is 1.29. The Bertz CT molecular complexity index is 741. The van der Waals surface area contributed by atoms with Gasteiger partial charge in [0.2, 0.25) is 0 Å². The molecule has 0 aliphatic carbocycles. The average Bonchev–Trinajstić information content (AvgIpc) is 2.94. The van der Waals surface area contributed by atoms with E-state index < -0.39 is 5.97 Å². The van der Waals surface area contributed by atoms with E-state index in [1.165, 1.54) is 35.5 Å². The van der Waals surface area contributed by atoms with Gasteiger partial charge in [-0.2, -0.15) is 0 Å². The largest absolute Gasteiger partial charge is 0.468 e. The van der Waals surface area contributed by atoms with Gasteiger partial charge in [-0.15, -0.1) is 11.3 Å². The quantitative estimate of drug-likeness (QED) is 0.777. The van der Waals surface area contributed by atoms with Crippen LogP contribution >= 0.6 is 11.3 Å². The average molecular weight is 350 g/mol. The van der Waals surface area contributed by atoms with Crippen LogP contribution in [0.2, 0.25) is 0 Å². The van der Waals surface area contributed by atoms with Gasteiger partial charge in [-0.05, 0) is 45.0 Å². The lowest BCUT2D eigenvalue weighted by Crippen LogP contribution is -2.41. The number of methoxy groups -OCH3 is 1. The topological polar surface area (TPSA) is 59.5 Å². The van der Waals surface area contributed by atoms with Crippen molar-refractivity contribution in [1.29, 1.82) is 0 Å². The number of ether oxygens (including phenoxy) is 1. The first-order chi connectivity index (χ1) is 11.3. The number of amides is 1. The summed E-state index contributed by atoms with van der Waals surface area (Å²) in [5, 5.41) is 0.637. The second-order valence-electron chi connectivity index (χ2n) is 5.54. The van der Waals surface area contributed by atoms with Crippen LogP contribution in [0.3, 0.4) is 0 Å². The summed E-state index contributed by atoms with van der Waals surface area (Å²) >= 11 is 1.23. The summed E-state index contributed by atoms with van der Waals surface area (Å²) < 4.78 is 17.7. The molecule has 0 atom stereocenters. The van der Waals surface area contributed by atoms with Gasteiger partial charge in [0.05, 0.1) is 12.8 Å². The molecular weight excluding hydrogens is 331 g/mol. The number of aromatic nitrogens is 1. The molecule has 1 aromatic heterocycles. The van der Waals surface area contributed by atoms with Crippen molar-refractivity contribution in [3.05, 3.63) is 40.7 Å². The van der Waals surface area contributed by atoms with Gasteiger partial charge in [-0.25, -0.2) is 9.37 Å². The smallest absolute Gasteiger partial charge is 0.325 e. The molecule has 0 radical (unpaired) electrons. The maximum atomic E-state index is 13.0. The van der Waals surface area contributed by atoms with E-state index >= 15 is 0 Å². The Labute approximate surface area is 144 Å². The molecule has 7 heteroatoms. The fourth-order valence-electron chi connectivity index (χ4n) is 2.13. The van der Waals surface area contributed by atoms with Crippen LogP contribution in [0.25, 0.3) is 10.6 Å². The number of carbonyl (C=O) groups excluding carboxylic acids is 2. The molecule has 0 saturated carbocycles. The van der Waals surface area contributed by atoms with Gasteiger partial charge in [0, 0.05) is 11.6 Å². The van der Waals surface area contributed by atoms with E-state index in [4.69, 9.17) is 0 Å². The number of esters is 1. The highest BCUT2D eigenvalue weighted by Gasteiger charge is 2.26. The summed E-state index contributed by atoms with van der Waals surface area (Å²) in [6, 6.07) is 5.79. The lowest BCUT2D eigenvalue weighted by atomic mass is 10.2. The number of halogens is 1. The monoisotopic (exact) mass is 350 g/mol. The molecule has 1 aromatic carbocycles. The van der Waals surface area contributed by atoms with E-state index in [2.05, 4.69) is 9.72 Å². The van der Waals surface area contributed by atoms with Gasteiger partial charge in [0.1, 0.15) is 22.2 Å². The van der Waals surface area contributed by atoms with E-state index in [-0.39, 0.29) is 24.3 Å². The predicted molar refractivity (Wildman–Crippen MR) is 90.4 cm³/mol. The van der Waals surface area contributed by atoms with Gasteiger partial charge in [-0.1, -0.05) is 0 Å². The minimum absolute atomic E-state index is 0.115. The third-order valence-corrected chi connectivity index (χ3v) is 4.69. The van der Waals surface area contributed by atoms with Crippen molar-refractivity contribution < 1.29 is 18.7 Å². The minimum Gasteiger partial charge on any atom is -0.468 e. The van der Waals surface area contributed by atoms with Gasteiger partial charge < -0.3 is 9.64 Å². The van der Waals surface area contributed by atoms with E-state index in [1.807, 2.05) is 13.8 Å². The number of thiazole rings is 1. The number of hydrogen-bond acceptors (Lipinski definition) is 5. The summed E-state index contributed by atoms with van der Waals surface area (Å²) in [5.41, 5.74) is 1.33. The van der Waals surface area contributed by atoms with Crippen LogP contribution in [-0.2, 0) is 9.53 Å². The van der Waals surface area contributed by atoms with Gasteiger partial charge in [-0.3, -0.25) is 9.59 Å². The summed E-state index contributed by atoms with van der Waals surface area (Å²) in [4.78, 5) is 30.6. The van der Waals surface area contributed by atoms with E-state index in [1.54, 1.807) is 19.1 Å². The van der Waals surface area contributed by atoms with Crippen molar-refractivity contribution >= 4 is 23.2 Å². The molecule has 5 nitrogen and oxygen atoms in total. The number of nitrogens with zero attached hydrogens (tertiary/aromatic N) is 2. The number of carbonyl (C=O) groups is 2. The van der Waals surface area contributed by atoms with Crippen LogP contribution in [0.1, 0.15) is 29.2 Å². The van der Waals surface area contributed by atoms with Crippen molar-refractivity contribution in [2.75, 3.05) is 13.7 Å². The molecule has 0 bridgehead atoms. The zero-order valence-corrected chi connectivity index (χ0v) is 14.8. The van der Waals surface area contributed by atoms with Crippen molar-refractivity contribution in [2.24, 2.45) is 0 Å². The highest BCUT2D eigenvalue weighted by Crippen LogP contribution is 2.29. The summed E-state index contributed by atoms with van der Waals surface area (Å²) in [6.45, 7) is 5.29. The Balaban J connectivity index is 2.32. The zero-order valence-electron chi connectivity index (χ0n) is 14.0. The molecule has 0 fully saturated rings. The number of hydrogen-bond donors (Lipinski definition) is 0. The van der Waals surface area contributed by atoms with Crippen LogP contribution in [-0.4, -0.2) is 41.5 Å². The predicted octanol–water partition coefficient (Wildman–Crippen LogP) is 3.28. The van der Waals surface area contributed by atoms with Gasteiger partial charge in [0.25, 0.3) is 5.91 Å². The Kier molecular flexibility index (Phi) is 5.66. The molecule has 0 N–H and O–H groups in total. The number of aryl methyl sites for hydroxylation is 1. The van der Waals surface area contributed by atoms with Crippen molar-refractivity contribution in [2.45, 2.75) is 26.8 Å². The van der Waals surface area contributed by atoms with Crippen molar-refractivity contribution in [1.82, 2.24) is 9.88 Å². The van der Waals surface area contributed by atoms with Gasteiger partial charge >= 0.3 is 5.97 Å². The van der Waals surface area contributed by atoms with Gasteiger partial charge in [0.15, 0.2) is 0 Å². The first-order valence-electron chi connectivity index (χ1n) is 7.44. The molecule has 2 aromatic rings. The maximum absolute atomic E-state index is 13.0. The lowest BCUT2D eigenvalue weighted by Gasteiger charge is -2.25. The molecule has 1 heterocycles. The SMILES string of the molecule is COC(=O)CN(C(=O)c1sc(-c2ccc(F)cc2)nc1C)C(C)C. The second kappa shape index (κ2) is 7.53. The highest BCUT2D eigenvalue weighted by atomic mass is 32.1. The van der Waals surface area contributed by atoms with E-state index in [0.717, 1.165) is 5.56 Å². The Hall–Kier alpha value is -2.28. The summed E-state index contributed by atoms with van der Waals surface area (Å²) in [6.07, 6.45) is 0. The molecule has 0 spiro atoms. The standard InChI is InChI=1S/C17H19FN2O3S/c1-10(2)20(9-14(21)23-4)17(22)15-11(3)19-16(24-15)12-5-7-13(18)8-6-12/h5-8,10H,9H2,1-4H3. The molecule has 1 amide bonds. The first kappa shape index (κ1) is 18.1. The maximum Gasteiger partial charge on any atom is 0.325 e. The number of benzene rings is 1. The lowest BCUT2D eigenvalue weighted by molar-refractivity contribution is -0.141. The van der Waals surface area contributed by atoms with Crippen LogP contribution < -0.4 is 0 Å².